The zero-order chi connectivity index (χ0) is 10.6. The van der Waals surface area contributed by atoms with Crippen LogP contribution in [-0.4, -0.2) is 12.1 Å². The Kier molecular flexibility index (Phi) is 3.96. The molecule has 0 bridgehead atoms. The summed E-state index contributed by atoms with van der Waals surface area (Å²) >= 11 is 3.40. The van der Waals surface area contributed by atoms with Crippen LogP contribution in [0, 0.1) is 0 Å². The number of nitrogens with one attached hydrogen (secondary N) is 1. The zero-order valence-corrected chi connectivity index (χ0v) is 10.3. The van der Waals surface area contributed by atoms with Gasteiger partial charge in [-0.2, -0.15) is 0 Å². The Morgan fingerprint density at radius 1 is 1.29 bits per heavy atom. The van der Waals surface area contributed by atoms with Gasteiger partial charge in [-0.25, -0.2) is 0 Å². The molecule has 3 N–H and O–H groups in total. The molecule has 1 aromatic rings. The van der Waals surface area contributed by atoms with Crippen LogP contribution in [0.2, 0.25) is 0 Å². The summed E-state index contributed by atoms with van der Waals surface area (Å²) in [6.07, 6.45) is 0.961. The van der Waals surface area contributed by atoms with Crippen molar-refractivity contribution in [3.63, 3.8) is 0 Å². The molecule has 0 spiro atoms. The van der Waals surface area contributed by atoms with Gasteiger partial charge in [-0.1, -0.05) is 15.9 Å². The van der Waals surface area contributed by atoms with Gasteiger partial charge in [0.05, 0.1) is 0 Å². The van der Waals surface area contributed by atoms with Gasteiger partial charge in [0.1, 0.15) is 0 Å². The molecular formula is C11H17BrN2. The van der Waals surface area contributed by atoms with Gasteiger partial charge in [0, 0.05) is 22.2 Å². The van der Waals surface area contributed by atoms with E-state index < -0.39 is 0 Å². The van der Waals surface area contributed by atoms with E-state index in [1.165, 1.54) is 0 Å². The fourth-order valence-corrected chi connectivity index (χ4v) is 1.36. The third-order valence-corrected chi connectivity index (χ3v) is 2.47. The molecule has 0 heterocycles. The van der Waals surface area contributed by atoms with E-state index in [1.54, 1.807) is 0 Å². The summed E-state index contributed by atoms with van der Waals surface area (Å²) in [6, 6.07) is 8.15. The molecule has 0 saturated carbocycles. The topological polar surface area (TPSA) is 38.0 Å². The molecule has 14 heavy (non-hydrogen) atoms. The first-order valence-corrected chi connectivity index (χ1v) is 5.55. The molecule has 0 fully saturated rings. The Morgan fingerprint density at radius 2 is 1.86 bits per heavy atom. The van der Waals surface area contributed by atoms with Crippen molar-refractivity contribution in [2.45, 2.75) is 25.8 Å². The minimum atomic E-state index is -0.0949. The van der Waals surface area contributed by atoms with Crippen LogP contribution in [0.15, 0.2) is 28.7 Å². The molecule has 0 radical (unpaired) electrons. The summed E-state index contributed by atoms with van der Waals surface area (Å²) in [5.41, 5.74) is 6.92. The first-order valence-electron chi connectivity index (χ1n) is 4.76. The van der Waals surface area contributed by atoms with Gasteiger partial charge in [-0.15, -0.1) is 0 Å². The van der Waals surface area contributed by atoms with E-state index in [1.807, 2.05) is 38.1 Å². The Labute approximate surface area is 94.0 Å². The minimum Gasteiger partial charge on any atom is -0.385 e. The maximum atomic E-state index is 5.88. The summed E-state index contributed by atoms with van der Waals surface area (Å²) in [5.74, 6) is 0. The van der Waals surface area contributed by atoms with Crippen molar-refractivity contribution in [2.24, 2.45) is 5.73 Å². The third kappa shape index (κ3) is 4.63. The van der Waals surface area contributed by atoms with Crippen molar-refractivity contribution >= 4 is 21.6 Å². The molecule has 3 heteroatoms. The van der Waals surface area contributed by atoms with Crippen LogP contribution in [0.4, 0.5) is 5.69 Å². The number of rotatable bonds is 4. The summed E-state index contributed by atoms with van der Waals surface area (Å²) in [6.45, 7) is 4.98. The summed E-state index contributed by atoms with van der Waals surface area (Å²) < 4.78 is 1.10. The van der Waals surface area contributed by atoms with Crippen LogP contribution in [0.3, 0.4) is 0 Å². The molecule has 0 aliphatic heterocycles. The molecule has 0 amide bonds. The number of benzene rings is 1. The van der Waals surface area contributed by atoms with E-state index in [4.69, 9.17) is 5.73 Å². The standard InChI is InChI=1S/C11H17BrN2/c1-11(2,13)7-8-14-10-5-3-9(12)4-6-10/h3-6,14H,7-8,13H2,1-2H3. The molecule has 0 aliphatic rings. The van der Waals surface area contributed by atoms with Crippen molar-refractivity contribution < 1.29 is 0 Å². The van der Waals surface area contributed by atoms with Crippen LogP contribution in [0.25, 0.3) is 0 Å². The van der Waals surface area contributed by atoms with Gasteiger partial charge in [-0.05, 0) is 44.5 Å². The predicted octanol–water partition coefficient (Wildman–Crippen LogP) is 2.99. The van der Waals surface area contributed by atoms with Crippen LogP contribution in [0.5, 0.6) is 0 Å². The first kappa shape index (κ1) is 11.5. The second-order valence-corrected chi connectivity index (χ2v) is 5.09. The number of halogens is 1. The van der Waals surface area contributed by atoms with E-state index in [9.17, 15) is 0 Å². The Morgan fingerprint density at radius 3 is 2.36 bits per heavy atom. The Hall–Kier alpha value is -0.540. The first-order chi connectivity index (χ1) is 6.47. The molecule has 78 valence electrons. The Bertz CT molecular complexity index is 274. The average molecular weight is 257 g/mol. The van der Waals surface area contributed by atoms with Crippen molar-refractivity contribution in [2.75, 3.05) is 11.9 Å². The molecule has 0 aliphatic carbocycles. The molecule has 1 rings (SSSR count). The summed E-state index contributed by atoms with van der Waals surface area (Å²) in [5, 5.41) is 3.33. The predicted molar refractivity (Wildman–Crippen MR) is 65.5 cm³/mol. The molecule has 0 saturated heterocycles. The minimum absolute atomic E-state index is 0.0949. The number of hydrogen-bond acceptors (Lipinski definition) is 2. The molecular weight excluding hydrogens is 240 g/mol. The van der Waals surface area contributed by atoms with Crippen LogP contribution in [0.1, 0.15) is 20.3 Å². The number of anilines is 1. The van der Waals surface area contributed by atoms with Crippen molar-refractivity contribution in [3.05, 3.63) is 28.7 Å². The molecule has 1 aromatic carbocycles. The highest BCUT2D eigenvalue weighted by Gasteiger charge is 2.08. The quantitative estimate of drug-likeness (QED) is 0.870. The molecule has 2 nitrogen and oxygen atoms in total. The van der Waals surface area contributed by atoms with E-state index in [-0.39, 0.29) is 5.54 Å². The molecule has 0 atom stereocenters. The van der Waals surface area contributed by atoms with E-state index >= 15 is 0 Å². The lowest BCUT2D eigenvalue weighted by atomic mass is 10.0. The number of hydrogen-bond donors (Lipinski definition) is 2. The lowest BCUT2D eigenvalue weighted by Crippen LogP contribution is -2.34. The highest BCUT2D eigenvalue weighted by molar-refractivity contribution is 9.10. The smallest absolute Gasteiger partial charge is 0.0340 e. The van der Waals surface area contributed by atoms with Crippen molar-refractivity contribution in [1.29, 1.82) is 0 Å². The monoisotopic (exact) mass is 256 g/mol. The lowest BCUT2D eigenvalue weighted by Gasteiger charge is -2.18. The summed E-state index contributed by atoms with van der Waals surface area (Å²) in [7, 11) is 0. The second-order valence-electron chi connectivity index (χ2n) is 4.17. The third-order valence-electron chi connectivity index (χ3n) is 1.94. The van der Waals surface area contributed by atoms with Gasteiger partial charge < -0.3 is 11.1 Å². The average Bonchev–Trinajstić information content (AvgIpc) is 2.06. The fourth-order valence-electron chi connectivity index (χ4n) is 1.10. The summed E-state index contributed by atoms with van der Waals surface area (Å²) in [4.78, 5) is 0. The van der Waals surface area contributed by atoms with Crippen LogP contribution < -0.4 is 11.1 Å². The van der Waals surface area contributed by atoms with E-state index in [0.717, 1.165) is 23.1 Å². The number of nitrogens with two attached hydrogens (primary N) is 1. The molecule has 0 aromatic heterocycles. The van der Waals surface area contributed by atoms with Gasteiger partial charge in [0.15, 0.2) is 0 Å². The van der Waals surface area contributed by atoms with Crippen LogP contribution in [-0.2, 0) is 0 Å². The van der Waals surface area contributed by atoms with Gasteiger partial charge in [0.2, 0.25) is 0 Å². The van der Waals surface area contributed by atoms with Gasteiger partial charge in [-0.3, -0.25) is 0 Å². The van der Waals surface area contributed by atoms with Crippen molar-refractivity contribution in [3.8, 4) is 0 Å². The molecule has 0 unspecified atom stereocenters. The van der Waals surface area contributed by atoms with E-state index in [2.05, 4.69) is 21.2 Å². The fraction of sp³-hybridized carbons (Fsp3) is 0.455. The zero-order valence-electron chi connectivity index (χ0n) is 8.68. The van der Waals surface area contributed by atoms with Gasteiger partial charge in [0.25, 0.3) is 0 Å². The SMILES string of the molecule is CC(C)(N)CCNc1ccc(Br)cc1. The van der Waals surface area contributed by atoms with Crippen molar-refractivity contribution in [1.82, 2.24) is 0 Å². The highest BCUT2D eigenvalue weighted by atomic mass is 79.9. The Balaban J connectivity index is 2.35. The normalized spacial score (nSPS) is 11.4. The lowest BCUT2D eigenvalue weighted by molar-refractivity contribution is 0.491. The van der Waals surface area contributed by atoms with Gasteiger partial charge >= 0.3 is 0 Å². The van der Waals surface area contributed by atoms with E-state index in [0.29, 0.717) is 0 Å². The maximum absolute atomic E-state index is 5.88. The maximum Gasteiger partial charge on any atom is 0.0340 e. The van der Waals surface area contributed by atoms with Crippen LogP contribution >= 0.6 is 15.9 Å². The highest BCUT2D eigenvalue weighted by Crippen LogP contribution is 2.14. The second kappa shape index (κ2) is 4.80. The largest absolute Gasteiger partial charge is 0.385 e.